The van der Waals surface area contributed by atoms with E-state index in [0.29, 0.717) is 40.2 Å². The van der Waals surface area contributed by atoms with Crippen LogP contribution < -0.4 is 5.56 Å². The van der Waals surface area contributed by atoms with E-state index in [4.69, 9.17) is 10.1 Å². The highest BCUT2D eigenvalue weighted by Crippen LogP contribution is 2.32. The third kappa shape index (κ3) is 3.16. The standard InChI is InChI=1S/C19H23N3O4S/c1-11-15-17(20-13-7-3-2-4-8-22(13)18(15)25)27-16(11)19(26)21-9-5-6-12(21)10-14(23)24/h12H,2-10H2,1H3,(H,23,24). The van der Waals surface area contributed by atoms with Gasteiger partial charge in [-0.1, -0.05) is 6.42 Å². The molecular formula is C19H23N3O4S. The summed E-state index contributed by atoms with van der Waals surface area (Å²) in [7, 11) is 0. The van der Waals surface area contributed by atoms with E-state index in [1.807, 2.05) is 0 Å². The first-order valence-electron chi connectivity index (χ1n) is 9.53. The van der Waals surface area contributed by atoms with Gasteiger partial charge >= 0.3 is 5.97 Å². The van der Waals surface area contributed by atoms with Gasteiger partial charge in [-0.05, 0) is 38.2 Å². The van der Waals surface area contributed by atoms with E-state index in [0.717, 1.165) is 37.9 Å². The fourth-order valence-electron chi connectivity index (χ4n) is 4.26. The molecule has 0 bridgehead atoms. The van der Waals surface area contributed by atoms with Crippen molar-refractivity contribution in [1.82, 2.24) is 14.5 Å². The molecule has 1 amide bonds. The maximum Gasteiger partial charge on any atom is 0.305 e. The number of hydrogen-bond acceptors (Lipinski definition) is 5. The number of aryl methyl sites for hydroxylation is 2. The Kier molecular flexibility index (Phi) is 4.75. The molecule has 2 aliphatic rings. The van der Waals surface area contributed by atoms with Gasteiger partial charge in [-0.3, -0.25) is 19.0 Å². The largest absolute Gasteiger partial charge is 0.481 e. The molecule has 27 heavy (non-hydrogen) atoms. The van der Waals surface area contributed by atoms with Gasteiger partial charge in [0.15, 0.2) is 0 Å². The van der Waals surface area contributed by atoms with Crippen molar-refractivity contribution in [3.63, 3.8) is 0 Å². The number of likely N-dealkylation sites (tertiary alicyclic amines) is 1. The first kappa shape index (κ1) is 18.2. The number of aliphatic carboxylic acids is 1. The molecule has 0 spiro atoms. The van der Waals surface area contributed by atoms with Crippen molar-refractivity contribution in [3.05, 3.63) is 26.6 Å². The smallest absolute Gasteiger partial charge is 0.305 e. The second-order valence-corrected chi connectivity index (χ2v) is 8.42. The Morgan fingerprint density at radius 3 is 2.81 bits per heavy atom. The number of carboxylic acids is 1. The molecule has 1 atom stereocenters. The molecule has 8 heteroatoms. The lowest BCUT2D eigenvalue weighted by Crippen LogP contribution is -2.36. The normalized spacial score (nSPS) is 19.9. The highest BCUT2D eigenvalue weighted by Gasteiger charge is 2.33. The molecule has 1 unspecified atom stereocenters. The molecule has 4 heterocycles. The van der Waals surface area contributed by atoms with Gasteiger partial charge in [0.05, 0.1) is 16.7 Å². The first-order chi connectivity index (χ1) is 13.0. The molecular weight excluding hydrogens is 366 g/mol. The molecule has 2 aliphatic heterocycles. The van der Waals surface area contributed by atoms with Gasteiger partial charge in [0.2, 0.25) is 0 Å². The Hall–Kier alpha value is -2.22. The van der Waals surface area contributed by atoms with E-state index in [9.17, 15) is 14.4 Å². The molecule has 0 saturated carbocycles. The van der Waals surface area contributed by atoms with Crippen molar-refractivity contribution < 1.29 is 14.7 Å². The maximum atomic E-state index is 13.1. The van der Waals surface area contributed by atoms with Gasteiger partial charge in [0, 0.05) is 25.6 Å². The second kappa shape index (κ2) is 7.07. The van der Waals surface area contributed by atoms with Gasteiger partial charge < -0.3 is 10.0 Å². The van der Waals surface area contributed by atoms with Crippen LogP contribution in [-0.4, -0.2) is 44.0 Å². The number of hydrogen-bond donors (Lipinski definition) is 1. The van der Waals surface area contributed by atoms with E-state index in [1.54, 1.807) is 16.4 Å². The fraction of sp³-hybridized carbons (Fsp3) is 0.579. The van der Waals surface area contributed by atoms with Crippen LogP contribution in [0.2, 0.25) is 0 Å². The van der Waals surface area contributed by atoms with Gasteiger partial charge in [-0.25, -0.2) is 4.98 Å². The van der Waals surface area contributed by atoms with Crippen LogP contribution in [0, 0.1) is 6.92 Å². The average molecular weight is 389 g/mol. The third-order valence-electron chi connectivity index (χ3n) is 5.65. The van der Waals surface area contributed by atoms with Crippen LogP contribution in [0.5, 0.6) is 0 Å². The summed E-state index contributed by atoms with van der Waals surface area (Å²) in [5.74, 6) is -0.245. The Labute approximate surface area is 160 Å². The lowest BCUT2D eigenvalue weighted by Gasteiger charge is -2.23. The number of nitrogens with zero attached hydrogens (tertiary/aromatic N) is 3. The summed E-state index contributed by atoms with van der Waals surface area (Å²) >= 11 is 1.27. The van der Waals surface area contributed by atoms with Gasteiger partial charge in [-0.2, -0.15) is 0 Å². The summed E-state index contributed by atoms with van der Waals surface area (Å²) < 4.78 is 1.77. The number of carboxylic acid groups (broad SMARTS) is 1. The number of rotatable bonds is 3. The monoisotopic (exact) mass is 389 g/mol. The summed E-state index contributed by atoms with van der Waals surface area (Å²) in [6.07, 6.45) is 5.36. The molecule has 1 fully saturated rings. The minimum atomic E-state index is -0.892. The lowest BCUT2D eigenvalue weighted by atomic mass is 10.1. The molecule has 4 rings (SSSR count). The summed E-state index contributed by atoms with van der Waals surface area (Å²) in [5, 5.41) is 9.65. The molecule has 0 radical (unpaired) electrons. The molecule has 144 valence electrons. The first-order valence-corrected chi connectivity index (χ1v) is 10.3. The Balaban J connectivity index is 1.76. The maximum absolute atomic E-state index is 13.1. The Bertz CT molecular complexity index is 977. The molecule has 0 aliphatic carbocycles. The molecule has 2 aromatic heterocycles. The molecule has 1 N–H and O–H groups in total. The highest BCUT2D eigenvalue weighted by atomic mass is 32.1. The van der Waals surface area contributed by atoms with Crippen molar-refractivity contribution in [2.75, 3.05) is 6.54 Å². The highest BCUT2D eigenvalue weighted by molar-refractivity contribution is 7.20. The van der Waals surface area contributed by atoms with Crippen LogP contribution in [0.25, 0.3) is 10.2 Å². The number of thiophene rings is 1. The van der Waals surface area contributed by atoms with Crippen LogP contribution in [0.15, 0.2) is 4.79 Å². The number of carbonyl (C=O) groups is 2. The number of fused-ring (bicyclic) bond motifs is 2. The van der Waals surface area contributed by atoms with Gasteiger partial charge in [0.25, 0.3) is 11.5 Å². The molecule has 0 aromatic carbocycles. The quantitative estimate of drug-likeness (QED) is 0.871. The van der Waals surface area contributed by atoms with E-state index in [-0.39, 0.29) is 23.9 Å². The number of carbonyl (C=O) groups excluding carboxylic acids is 1. The molecule has 2 aromatic rings. The number of aromatic nitrogens is 2. The van der Waals surface area contributed by atoms with Crippen molar-refractivity contribution >= 4 is 33.4 Å². The second-order valence-electron chi connectivity index (χ2n) is 7.42. The summed E-state index contributed by atoms with van der Waals surface area (Å²) in [4.78, 5) is 44.8. The minimum absolute atomic E-state index is 0.0368. The van der Waals surface area contributed by atoms with Crippen molar-refractivity contribution in [1.29, 1.82) is 0 Å². The zero-order valence-electron chi connectivity index (χ0n) is 15.4. The summed E-state index contributed by atoms with van der Waals surface area (Å²) in [6, 6.07) is -0.273. The number of amides is 1. The average Bonchev–Trinajstić information content (AvgIpc) is 3.11. The van der Waals surface area contributed by atoms with Crippen molar-refractivity contribution in [3.8, 4) is 0 Å². The topological polar surface area (TPSA) is 92.5 Å². The van der Waals surface area contributed by atoms with Crippen LogP contribution in [-0.2, 0) is 17.8 Å². The summed E-state index contributed by atoms with van der Waals surface area (Å²) in [5.41, 5.74) is 0.631. The van der Waals surface area contributed by atoms with Crippen LogP contribution >= 0.6 is 11.3 Å². The Morgan fingerprint density at radius 2 is 2.04 bits per heavy atom. The molecule has 1 saturated heterocycles. The van der Waals surface area contributed by atoms with E-state index in [1.165, 1.54) is 11.3 Å². The van der Waals surface area contributed by atoms with E-state index in [2.05, 4.69) is 0 Å². The van der Waals surface area contributed by atoms with E-state index >= 15 is 0 Å². The fourth-order valence-corrected chi connectivity index (χ4v) is 5.41. The van der Waals surface area contributed by atoms with Crippen molar-refractivity contribution in [2.45, 2.75) is 64.5 Å². The third-order valence-corrected chi connectivity index (χ3v) is 6.83. The van der Waals surface area contributed by atoms with Crippen LogP contribution in [0.1, 0.15) is 59.6 Å². The summed E-state index contributed by atoms with van der Waals surface area (Å²) in [6.45, 7) is 3.05. The zero-order chi connectivity index (χ0) is 19.1. The van der Waals surface area contributed by atoms with Crippen molar-refractivity contribution in [2.24, 2.45) is 0 Å². The minimum Gasteiger partial charge on any atom is -0.481 e. The Morgan fingerprint density at radius 1 is 1.22 bits per heavy atom. The van der Waals surface area contributed by atoms with Crippen LogP contribution in [0.4, 0.5) is 0 Å². The lowest BCUT2D eigenvalue weighted by molar-refractivity contribution is -0.137. The van der Waals surface area contributed by atoms with Gasteiger partial charge in [0.1, 0.15) is 10.7 Å². The predicted octanol–water partition coefficient (Wildman–Crippen LogP) is 2.57. The van der Waals surface area contributed by atoms with Crippen LogP contribution in [0.3, 0.4) is 0 Å². The van der Waals surface area contributed by atoms with Gasteiger partial charge in [-0.15, -0.1) is 11.3 Å². The molecule has 7 nitrogen and oxygen atoms in total. The SMILES string of the molecule is Cc1c(C(=O)N2CCCC2CC(=O)O)sc2nc3n(c(=O)c12)CCCCC3. The zero-order valence-corrected chi connectivity index (χ0v) is 16.2. The van der Waals surface area contributed by atoms with E-state index < -0.39 is 5.97 Å². The predicted molar refractivity (Wildman–Crippen MR) is 102 cm³/mol.